The van der Waals surface area contributed by atoms with E-state index in [1.807, 2.05) is 61.0 Å². The van der Waals surface area contributed by atoms with Gasteiger partial charge >= 0.3 is 0 Å². The second kappa shape index (κ2) is 6.49. The molecule has 2 aromatic heterocycles. The Kier molecular flexibility index (Phi) is 4.25. The molecule has 3 rings (SSSR count). The second-order valence-electron chi connectivity index (χ2n) is 4.96. The van der Waals surface area contributed by atoms with Crippen LogP contribution in [0.2, 0.25) is 0 Å². The van der Waals surface area contributed by atoms with Crippen LogP contribution in [-0.2, 0) is 11.3 Å². The smallest absolute Gasteiger partial charge is 0.287 e. The fraction of sp³-hybridized carbons (Fsp3) is 0.118. The average molecular weight is 310 g/mol. The maximum Gasteiger partial charge on any atom is 0.287 e. The van der Waals surface area contributed by atoms with Gasteiger partial charge in [-0.1, -0.05) is 24.3 Å². The molecule has 110 valence electrons. The molecular formula is C17H16N3OS+. The number of hydrogen-bond donors (Lipinski definition) is 1. The number of hydrogen-bond acceptors (Lipinski definition) is 3. The molecule has 3 aromatic rings. The zero-order valence-corrected chi connectivity index (χ0v) is 13.0. The Labute approximate surface area is 133 Å². The third-order valence-electron chi connectivity index (χ3n) is 3.29. The summed E-state index contributed by atoms with van der Waals surface area (Å²) in [4.78, 5) is 17.6. The number of para-hydroxylation sites is 1. The summed E-state index contributed by atoms with van der Waals surface area (Å²) < 4.78 is 1.77. The summed E-state index contributed by atoms with van der Waals surface area (Å²) in [6.45, 7) is 2.21. The van der Waals surface area contributed by atoms with Gasteiger partial charge in [0.25, 0.3) is 12.2 Å². The lowest BCUT2D eigenvalue weighted by atomic mass is 10.2. The van der Waals surface area contributed by atoms with Crippen molar-refractivity contribution in [2.75, 3.05) is 5.32 Å². The van der Waals surface area contributed by atoms with Crippen molar-refractivity contribution >= 4 is 22.9 Å². The molecule has 0 spiro atoms. The zero-order chi connectivity index (χ0) is 15.4. The number of carbonyl (C=O) groups excluding carboxylic acids is 1. The third kappa shape index (κ3) is 3.38. The lowest BCUT2D eigenvalue weighted by Gasteiger charge is -2.06. The van der Waals surface area contributed by atoms with Crippen molar-refractivity contribution in [1.29, 1.82) is 0 Å². The Balaban J connectivity index is 1.66. The summed E-state index contributed by atoms with van der Waals surface area (Å²) >= 11 is 1.65. The van der Waals surface area contributed by atoms with Gasteiger partial charge in [0.1, 0.15) is 0 Å². The lowest BCUT2D eigenvalue weighted by molar-refractivity contribution is -0.686. The molecule has 0 atom stereocenters. The number of carbonyl (C=O) groups is 1. The van der Waals surface area contributed by atoms with Crippen molar-refractivity contribution < 1.29 is 9.36 Å². The highest BCUT2D eigenvalue weighted by Gasteiger charge is 2.11. The summed E-state index contributed by atoms with van der Waals surface area (Å²) in [5.74, 6) is -0.0648. The highest BCUT2D eigenvalue weighted by atomic mass is 32.1. The third-order valence-corrected chi connectivity index (χ3v) is 4.18. The quantitative estimate of drug-likeness (QED) is 0.753. The largest absolute Gasteiger partial charge is 0.322 e. The van der Waals surface area contributed by atoms with E-state index in [9.17, 15) is 4.79 Å². The predicted octanol–water partition coefficient (Wildman–Crippen LogP) is 3.04. The van der Waals surface area contributed by atoms with Crippen LogP contribution in [0.3, 0.4) is 0 Å². The number of nitrogens with zero attached hydrogens (tertiary/aromatic N) is 2. The summed E-state index contributed by atoms with van der Waals surface area (Å²) in [6, 6.07) is 13.7. The summed E-state index contributed by atoms with van der Waals surface area (Å²) in [5.41, 5.74) is 2.81. The Hall–Kier alpha value is -2.53. The van der Waals surface area contributed by atoms with E-state index >= 15 is 0 Å². The molecule has 0 saturated heterocycles. The number of benzene rings is 1. The van der Waals surface area contributed by atoms with Gasteiger partial charge in [0.15, 0.2) is 12.2 Å². The predicted molar refractivity (Wildman–Crippen MR) is 87.6 cm³/mol. The molecule has 0 aliphatic carbocycles. The van der Waals surface area contributed by atoms with Gasteiger partial charge in [-0.15, -0.1) is 11.3 Å². The van der Waals surface area contributed by atoms with Gasteiger partial charge in [-0.25, -0.2) is 4.57 Å². The number of aromatic nitrogens is 2. The van der Waals surface area contributed by atoms with E-state index in [4.69, 9.17) is 0 Å². The molecule has 1 aromatic carbocycles. The van der Waals surface area contributed by atoms with E-state index in [2.05, 4.69) is 10.3 Å². The van der Waals surface area contributed by atoms with Crippen molar-refractivity contribution in [3.8, 4) is 10.6 Å². The lowest BCUT2D eigenvalue weighted by Crippen LogP contribution is -2.40. The van der Waals surface area contributed by atoms with Crippen LogP contribution in [0.4, 0.5) is 5.69 Å². The van der Waals surface area contributed by atoms with Crippen LogP contribution < -0.4 is 9.88 Å². The molecule has 0 fully saturated rings. The summed E-state index contributed by atoms with van der Waals surface area (Å²) in [7, 11) is 0. The first-order valence-corrected chi connectivity index (χ1v) is 7.85. The first kappa shape index (κ1) is 14.4. The number of rotatable bonds is 4. The van der Waals surface area contributed by atoms with Crippen molar-refractivity contribution in [3.63, 3.8) is 0 Å². The molecular weight excluding hydrogens is 294 g/mol. The van der Waals surface area contributed by atoms with E-state index in [-0.39, 0.29) is 12.5 Å². The minimum absolute atomic E-state index is 0.0648. The maximum atomic E-state index is 12.1. The van der Waals surface area contributed by atoms with Gasteiger partial charge in [-0.3, -0.25) is 4.79 Å². The fourth-order valence-corrected chi connectivity index (χ4v) is 2.82. The van der Waals surface area contributed by atoms with Gasteiger partial charge in [0, 0.05) is 11.8 Å². The van der Waals surface area contributed by atoms with Gasteiger partial charge in [-0.05, 0) is 35.0 Å². The minimum atomic E-state index is -0.0648. The highest BCUT2D eigenvalue weighted by Crippen LogP contribution is 2.20. The Morgan fingerprint density at radius 3 is 2.77 bits per heavy atom. The van der Waals surface area contributed by atoms with Crippen LogP contribution in [0.25, 0.3) is 10.6 Å². The number of anilines is 1. The van der Waals surface area contributed by atoms with E-state index in [1.165, 1.54) is 0 Å². The maximum absolute atomic E-state index is 12.1. The fourth-order valence-electron chi connectivity index (χ4n) is 2.12. The van der Waals surface area contributed by atoms with Crippen LogP contribution >= 0.6 is 11.3 Å². The number of amides is 1. The molecule has 1 N–H and O–H groups in total. The molecule has 0 saturated carbocycles. The van der Waals surface area contributed by atoms with Crippen LogP contribution in [0.1, 0.15) is 5.56 Å². The first-order valence-electron chi connectivity index (χ1n) is 6.97. The van der Waals surface area contributed by atoms with Gasteiger partial charge in [-0.2, -0.15) is 0 Å². The molecule has 4 nitrogen and oxygen atoms in total. The van der Waals surface area contributed by atoms with Crippen LogP contribution in [0, 0.1) is 6.92 Å². The molecule has 22 heavy (non-hydrogen) atoms. The Morgan fingerprint density at radius 2 is 2.09 bits per heavy atom. The van der Waals surface area contributed by atoms with Crippen LogP contribution in [0.15, 0.2) is 60.4 Å². The van der Waals surface area contributed by atoms with E-state index in [0.29, 0.717) is 0 Å². The van der Waals surface area contributed by atoms with Crippen molar-refractivity contribution in [1.82, 2.24) is 4.98 Å². The normalized spacial score (nSPS) is 10.4. The SMILES string of the molecule is Cc1ccccc1NC(=O)C[n+]1ccc(-c2cccs2)nc1. The van der Waals surface area contributed by atoms with Gasteiger partial charge in [0.05, 0.1) is 11.1 Å². The molecule has 0 bridgehead atoms. The minimum Gasteiger partial charge on any atom is -0.322 e. The van der Waals surface area contributed by atoms with Crippen molar-refractivity contribution in [2.45, 2.75) is 13.5 Å². The number of aryl methyl sites for hydroxylation is 1. The van der Waals surface area contributed by atoms with E-state index in [0.717, 1.165) is 21.8 Å². The van der Waals surface area contributed by atoms with Gasteiger partial charge < -0.3 is 5.32 Å². The Bertz CT molecular complexity index is 767. The molecule has 1 amide bonds. The zero-order valence-electron chi connectivity index (χ0n) is 12.2. The summed E-state index contributed by atoms with van der Waals surface area (Å²) in [6.07, 6.45) is 3.56. The number of nitrogens with one attached hydrogen (secondary N) is 1. The topological polar surface area (TPSA) is 45.9 Å². The van der Waals surface area contributed by atoms with Crippen molar-refractivity contribution in [3.05, 3.63) is 65.9 Å². The second-order valence-corrected chi connectivity index (χ2v) is 5.91. The average Bonchev–Trinajstić information content (AvgIpc) is 3.05. The molecule has 5 heteroatoms. The van der Waals surface area contributed by atoms with Crippen molar-refractivity contribution in [2.24, 2.45) is 0 Å². The van der Waals surface area contributed by atoms with E-state index < -0.39 is 0 Å². The summed E-state index contributed by atoms with van der Waals surface area (Å²) in [5, 5.41) is 4.94. The highest BCUT2D eigenvalue weighted by molar-refractivity contribution is 7.13. The van der Waals surface area contributed by atoms with E-state index in [1.54, 1.807) is 22.2 Å². The van der Waals surface area contributed by atoms with Crippen LogP contribution in [-0.4, -0.2) is 10.9 Å². The van der Waals surface area contributed by atoms with Crippen LogP contribution in [0.5, 0.6) is 0 Å². The number of thiophene rings is 1. The molecule has 0 unspecified atom stereocenters. The molecule has 0 aliphatic rings. The standard InChI is InChI=1S/C17H15N3OS/c1-13-5-2-3-6-14(13)19-17(21)11-20-9-8-15(18-12-20)16-7-4-10-22-16/h2-10,12H,11H2,1H3/p+1. The molecule has 0 aliphatic heterocycles. The first-order chi connectivity index (χ1) is 10.7. The monoisotopic (exact) mass is 310 g/mol. The molecule has 0 radical (unpaired) electrons. The van der Waals surface area contributed by atoms with Gasteiger partial charge in [0.2, 0.25) is 0 Å². The molecule has 2 heterocycles. The Morgan fingerprint density at radius 1 is 1.23 bits per heavy atom.